The molecule has 1 aliphatic rings. The predicted octanol–water partition coefficient (Wildman–Crippen LogP) is 2.62. The molecule has 0 aliphatic carbocycles. The number of nitrogens with one attached hydrogen (secondary N) is 3. The highest BCUT2D eigenvalue weighted by molar-refractivity contribution is 5.86. The summed E-state index contributed by atoms with van der Waals surface area (Å²) in [7, 11) is 0. The van der Waals surface area contributed by atoms with Crippen LogP contribution in [0.25, 0.3) is 10.9 Å². The van der Waals surface area contributed by atoms with Crippen molar-refractivity contribution in [3.05, 3.63) is 71.7 Å². The summed E-state index contributed by atoms with van der Waals surface area (Å²) in [5, 5.41) is 4.15. The number of likely N-dealkylation sites (tertiary alicyclic amines) is 1. The van der Waals surface area contributed by atoms with Gasteiger partial charge in [0.2, 0.25) is 5.91 Å². The first-order valence-electron chi connectivity index (χ1n) is 10.1. The molecule has 2 aromatic carbocycles. The van der Waals surface area contributed by atoms with Crippen molar-refractivity contribution in [1.29, 1.82) is 0 Å². The second kappa shape index (κ2) is 8.57. The van der Waals surface area contributed by atoms with Gasteiger partial charge in [-0.1, -0.05) is 30.3 Å². The van der Waals surface area contributed by atoms with Crippen LogP contribution in [-0.2, 0) is 4.79 Å². The molecule has 1 aliphatic heterocycles. The Bertz CT molecular complexity index is 946. The van der Waals surface area contributed by atoms with Gasteiger partial charge in [0, 0.05) is 42.3 Å². The van der Waals surface area contributed by atoms with Crippen LogP contribution < -0.4 is 10.2 Å². The van der Waals surface area contributed by atoms with Crippen molar-refractivity contribution < 1.29 is 14.1 Å². The molecule has 5 heteroatoms. The van der Waals surface area contributed by atoms with Crippen LogP contribution in [0.2, 0.25) is 0 Å². The zero-order chi connectivity index (χ0) is 19.3. The maximum atomic E-state index is 13.9. The maximum Gasteiger partial charge on any atom is 0.221 e. The zero-order valence-electron chi connectivity index (χ0n) is 16.0. The van der Waals surface area contributed by atoms with Gasteiger partial charge in [-0.2, -0.15) is 0 Å². The standard InChI is InChI=1S/C23H26FN3O/c24-18-7-5-6-17(14-18)20(21-16-26-22-9-2-1-8-19(21)22)15-23(28)25-10-13-27-11-3-4-12-27/h1-2,5-9,14,16,20,26H,3-4,10-13,15H2,(H,25,28)/p+1/t20-/m0/s1. The molecule has 0 spiro atoms. The van der Waals surface area contributed by atoms with Crippen LogP contribution in [0.3, 0.4) is 0 Å². The molecule has 3 aromatic rings. The highest BCUT2D eigenvalue weighted by Crippen LogP contribution is 2.33. The summed E-state index contributed by atoms with van der Waals surface area (Å²) < 4.78 is 13.9. The molecule has 28 heavy (non-hydrogen) atoms. The first kappa shape index (κ1) is 18.7. The number of hydrogen-bond donors (Lipinski definition) is 3. The fourth-order valence-electron chi connectivity index (χ4n) is 4.27. The third kappa shape index (κ3) is 4.25. The Morgan fingerprint density at radius 2 is 1.96 bits per heavy atom. The van der Waals surface area contributed by atoms with Gasteiger partial charge in [0.1, 0.15) is 5.82 Å². The van der Waals surface area contributed by atoms with E-state index in [1.807, 2.05) is 36.5 Å². The fraction of sp³-hybridized carbons (Fsp3) is 0.348. The number of aromatic nitrogens is 1. The summed E-state index contributed by atoms with van der Waals surface area (Å²) in [6, 6.07) is 14.6. The second-order valence-electron chi connectivity index (χ2n) is 7.66. The third-order valence-corrected chi connectivity index (χ3v) is 5.75. The molecule has 0 unspecified atom stereocenters. The number of hydrogen-bond acceptors (Lipinski definition) is 1. The van der Waals surface area contributed by atoms with E-state index < -0.39 is 0 Å². The summed E-state index contributed by atoms with van der Waals surface area (Å²) in [5.41, 5.74) is 2.88. The van der Waals surface area contributed by atoms with Crippen LogP contribution >= 0.6 is 0 Å². The number of halogens is 1. The Morgan fingerprint density at radius 1 is 1.14 bits per heavy atom. The molecule has 0 saturated carbocycles. The molecular weight excluding hydrogens is 353 g/mol. The summed E-state index contributed by atoms with van der Waals surface area (Å²) >= 11 is 0. The van der Waals surface area contributed by atoms with E-state index >= 15 is 0 Å². The van der Waals surface area contributed by atoms with Gasteiger partial charge in [-0.3, -0.25) is 4.79 Å². The van der Waals surface area contributed by atoms with Crippen molar-refractivity contribution >= 4 is 16.8 Å². The van der Waals surface area contributed by atoms with Gasteiger partial charge >= 0.3 is 0 Å². The largest absolute Gasteiger partial charge is 0.361 e. The average Bonchev–Trinajstić information content (AvgIpc) is 3.36. The minimum absolute atomic E-state index is 0.0122. The van der Waals surface area contributed by atoms with Crippen molar-refractivity contribution in [1.82, 2.24) is 10.3 Å². The van der Waals surface area contributed by atoms with E-state index in [0.717, 1.165) is 28.6 Å². The van der Waals surface area contributed by atoms with E-state index in [2.05, 4.69) is 10.3 Å². The highest BCUT2D eigenvalue weighted by Gasteiger charge is 2.22. The summed E-state index contributed by atoms with van der Waals surface area (Å²) in [5.74, 6) is -0.454. The Labute approximate surface area is 164 Å². The number of amides is 1. The molecule has 1 fully saturated rings. The molecule has 2 heterocycles. The van der Waals surface area contributed by atoms with Crippen molar-refractivity contribution in [2.45, 2.75) is 25.2 Å². The fourth-order valence-corrected chi connectivity index (χ4v) is 4.27. The second-order valence-corrected chi connectivity index (χ2v) is 7.66. The smallest absolute Gasteiger partial charge is 0.221 e. The molecular formula is C23H27FN3O+. The van der Waals surface area contributed by atoms with E-state index in [4.69, 9.17) is 0 Å². The minimum Gasteiger partial charge on any atom is -0.361 e. The Hall–Kier alpha value is -2.66. The topological polar surface area (TPSA) is 49.3 Å². The molecule has 1 saturated heterocycles. The van der Waals surface area contributed by atoms with Crippen LogP contribution in [0.1, 0.15) is 36.3 Å². The summed E-state index contributed by atoms with van der Waals surface area (Å²) in [4.78, 5) is 17.5. The van der Waals surface area contributed by atoms with Gasteiger partial charge in [0.15, 0.2) is 0 Å². The normalized spacial score (nSPS) is 15.8. The van der Waals surface area contributed by atoms with Gasteiger partial charge in [-0.05, 0) is 29.3 Å². The minimum atomic E-state index is -0.277. The maximum absolute atomic E-state index is 13.9. The molecule has 0 bridgehead atoms. The van der Waals surface area contributed by atoms with Gasteiger partial charge in [-0.15, -0.1) is 0 Å². The molecule has 4 rings (SSSR count). The zero-order valence-corrected chi connectivity index (χ0v) is 16.0. The van der Waals surface area contributed by atoms with Crippen LogP contribution in [-0.4, -0.2) is 37.1 Å². The van der Waals surface area contributed by atoms with Gasteiger partial charge in [0.05, 0.1) is 26.2 Å². The number of benzene rings is 2. The quantitative estimate of drug-likeness (QED) is 0.580. The Balaban J connectivity index is 1.52. The third-order valence-electron chi connectivity index (χ3n) is 5.75. The van der Waals surface area contributed by atoms with Crippen LogP contribution in [0, 0.1) is 5.82 Å². The number of carbonyl (C=O) groups is 1. The number of para-hydroxylation sites is 1. The predicted molar refractivity (Wildman–Crippen MR) is 109 cm³/mol. The van der Waals surface area contributed by atoms with Crippen molar-refractivity contribution in [3.63, 3.8) is 0 Å². The first-order chi connectivity index (χ1) is 13.7. The lowest BCUT2D eigenvalue weighted by atomic mass is 9.88. The lowest BCUT2D eigenvalue weighted by Gasteiger charge is -2.18. The van der Waals surface area contributed by atoms with Crippen LogP contribution in [0.15, 0.2) is 54.7 Å². The van der Waals surface area contributed by atoms with Crippen molar-refractivity contribution in [2.75, 3.05) is 26.2 Å². The Morgan fingerprint density at radius 3 is 2.79 bits per heavy atom. The lowest BCUT2D eigenvalue weighted by Crippen LogP contribution is -3.10. The number of carbonyl (C=O) groups excluding carboxylic acids is 1. The first-order valence-corrected chi connectivity index (χ1v) is 10.1. The number of fused-ring (bicyclic) bond motifs is 1. The van der Waals surface area contributed by atoms with Crippen molar-refractivity contribution in [2.24, 2.45) is 0 Å². The molecule has 1 amide bonds. The van der Waals surface area contributed by atoms with Gasteiger partial charge in [0.25, 0.3) is 0 Å². The number of aromatic amines is 1. The number of H-pyrrole nitrogens is 1. The summed E-state index contributed by atoms with van der Waals surface area (Å²) in [6.45, 7) is 4.08. The molecule has 0 radical (unpaired) electrons. The SMILES string of the molecule is O=C(C[C@@H](c1cccc(F)c1)c1c[nH]c2ccccc12)NCC[NH+]1CCCC1. The van der Waals surface area contributed by atoms with Gasteiger partial charge in [-0.25, -0.2) is 4.39 Å². The van der Waals surface area contributed by atoms with Crippen LogP contribution in [0.5, 0.6) is 0 Å². The van der Waals surface area contributed by atoms with E-state index in [1.165, 1.54) is 38.1 Å². The van der Waals surface area contributed by atoms with E-state index in [0.29, 0.717) is 13.0 Å². The molecule has 146 valence electrons. The molecule has 1 aromatic heterocycles. The average molecular weight is 380 g/mol. The highest BCUT2D eigenvalue weighted by atomic mass is 19.1. The molecule has 4 nitrogen and oxygen atoms in total. The number of quaternary nitrogens is 1. The molecule has 3 N–H and O–H groups in total. The number of rotatable bonds is 7. The van der Waals surface area contributed by atoms with E-state index in [9.17, 15) is 9.18 Å². The monoisotopic (exact) mass is 380 g/mol. The van der Waals surface area contributed by atoms with E-state index in [1.54, 1.807) is 11.0 Å². The van der Waals surface area contributed by atoms with Crippen molar-refractivity contribution in [3.8, 4) is 0 Å². The van der Waals surface area contributed by atoms with E-state index in [-0.39, 0.29) is 17.6 Å². The van der Waals surface area contributed by atoms with Gasteiger partial charge < -0.3 is 15.2 Å². The molecule has 1 atom stereocenters. The lowest BCUT2D eigenvalue weighted by molar-refractivity contribution is -0.886. The summed E-state index contributed by atoms with van der Waals surface area (Å²) in [6.07, 6.45) is 4.82. The Kier molecular flexibility index (Phi) is 5.72. The van der Waals surface area contributed by atoms with Crippen LogP contribution in [0.4, 0.5) is 4.39 Å².